The summed E-state index contributed by atoms with van der Waals surface area (Å²) in [4.78, 5) is 22.1. The molecular weight excluding hydrogens is 218 g/mol. The average molecular weight is 227 g/mol. The largest absolute Gasteiger partial charge is 0.480 e. The predicted molar refractivity (Wildman–Crippen MR) is 53.6 cm³/mol. The first-order valence-corrected chi connectivity index (χ1v) is 4.90. The van der Waals surface area contributed by atoms with Crippen LogP contribution in [0.4, 0.5) is 0 Å². The highest BCUT2D eigenvalue weighted by Crippen LogP contribution is 1.99. The smallest absolute Gasteiger partial charge is 0.326 e. The lowest BCUT2D eigenvalue weighted by atomic mass is 10.2. The standard InChI is InChI=1S/C8H9N3O3S/c1-2-3-5(8(13)14)9-7(12)6-4-15-11-10-6/h2,4-5H,1,3H2,(H,9,12)(H,13,14). The number of hydrogen-bond donors (Lipinski definition) is 2. The van der Waals surface area contributed by atoms with E-state index in [1.54, 1.807) is 0 Å². The van der Waals surface area contributed by atoms with Crippen molar-refractivity contribution in [2.45, 2.75) is 12.5 Å². The number of aromatic nitrogens is 2. The minimum absolute atomic E-state index is 0.121. The summed E-state index contributed by atoms with van der Waals surface area (Å²) in [6, 6.07) is -0.975. The van der Waals surface area contributed by atoms with Crippen LogP contribution >= 0.6 is 11.5 Å². The molecule has 0 radical (unpaired) electrons. The highest BCUT2D eigenvalue weighted by atomic mass is 32.1. The number of carbonyl (C=O) groups is 2. The highest BCUT2D eigenvalue weighted by molar-refractivity contribution is 7.03. The third kappa shape index (κ3) is 3.13. The second kappa shape index (κ2) is 5.20. The van der Waals surface area contributed by atoms with Crippen LogP contribution in [-0.2, 0) is 4.79 Å². The summed E-state index contributed by atoms with van der Waals surface area (Å²) in [5, 5.41) is 16.0. The maximum Gasteiger partial charge on any atom is 0.326 e. The Balaban J connectivity index is 2.62. The molecule has 15 heavy (non-hydrogen) atoms. The molecule has 1 heterocycles. The highest BCUT2D eigenvalue weighted by Gasteiger charge is 2.20. The van der Waals surface area contributed by atoms with E-state index in [4.69, 9.17) is 5.11 Å². The SMILES string of the molecule is C=CCC(NC(=O)c1csnn1)C(=O)O. The quantitative estimate of drug-likeness (QED) is 0.706. The lowest BCUT2D eigenvalue weighted by Crippen LogP contribution is -2.40. The number of carboxylic acids is 1. The fourth-order valence-corrected chi connectivity index (χ4v) is 1.32. The molecule has 0 aliphatic heterocycles. The van der Waals surface area contributed by atoms with Crippen molar-refractivity contribution in [2.75, 3.05) is 0 Å². The van der Waals surface area contributed by atoms with Gasteiger partial charge in [-0.3, -0.25) is 4.79 Å². The zero-order chi connectivity index (χ0) is 11.3. The van der Waals surface area contributed by atoms with E-state index in [-0.39, 0.29) is 12.1 Å². The van der Waals surface area contributed by atoms with Crippen LogP contribution in [0, 0.1) is 0 Å². The van der Waals surface area contributed by atoms with E-state index in [1.807, 2.05) is 0 Å². The Kier molecular flexibility index (Phi) is 3.92. The molecule has 0 aliphatic rings. The van der Waals surface area contributed by atoms with Gasteiger partial charge in [0, 0.05) is 5.38 Å². The van der Waals surface area contributed by atoms with Crippen LogP contribution < -0.4 is 5.32 Å². The van der Waals surface area contributed by atoms with Crippen LogP contribution in [0.5, 0.6) is 0 Å². The Morgan fingerprint density at radius 3 is 2.93 bits per heavy atom. The zero-order valence-corrected chi connectivity index (χ0v) is 8.53. The molecule has 7 heteroatoms. The zero-order valence-electron chi connectivity index (χ0n) is 7.71. The van der Waals surface area contributed by atoms with E-state index in [2.05, 4.69) is 21.5 Å². The summed E-state index contributed by atoms with van der Waals surface area (Å²) >= 11 is 1.03. The molecular formula is C8H9N3O3S. The Bertz CT molecular complexity index is 363. The minimum atomic E-state index is -1.11. The molecule has 80 valence electrons. The Morgan fingerprint density at radius 1 is 1.73 bits per heavy atom. The van der Waals surface area contributed by atoms with Crippen LogP contribution in [-0.4, -0.2) is 32.6 Å². The molecule has 0 saturated carbocycles. The summed E-state index contributed by atoms with van der Waals surface area (Å²) < 4.78 is 3.50. The molecule has 1 unspecified atom stereocenters. The molecule has 0 fully saturated rings. The molecule has 0 aliphatic carbocycles. The van der Waals surface area contributed by atoms with Crippen molar-refractivity contribution in [1.82, 2.24) is 14.9 Å². The lowest BCUT2D eigenvalue weighted by molar-refractivity contribution is -0.139. The molecule has 0 spiro atoms. The fourth-order valence-electron chi connectivity index (χ4n) is 0.884. The predicted octanol–water partition coefficient (Wildman–Crippen LogP) is 0.297. The first-order valence-electron chi connectivity index (χ1n) is 4.06. The number of carbonyl (C=O) groups excluding carboxylic acids is 1. The third-order valence-electron chi connectivity index (χ3n) is 1.60. The van der Waals surface area contributed by atoms with Crippen LogP contribution in [0.2, 0.25) is 0 Å². The van der Waals surface area contributed by atoms with E-state index < -0.39 is 17.9 Å². The molecule has 1 aromatic heterocycles. The topological polar surface area (TPSA) is 92.2 Å². The van der Waals surface area contributed by atoms with E-state index in [0.29, 0.717) is 0 Å². The minimum Gasteiger partial charge on any atom is -0.480 e. The maximum atomic E-state index is 11.4. The van der Waals surface area contributed by atoms with Gasteiger partial charge in [-0.15, -0.1) is 11.7 Å². The van der Waals surface area contributed by atoms with Gasteiger partial charge in [0.15, 0.2) is 5.69 Å². The van der Waals surface area contributed by atoms with Crippen LogP contribution in [0.15, 0.2) is 18.0 Å². The number of aliphatic carboxylic acids is 1. The third-order valence-corrected chi connectivity index (χ3v) is 2.10. The van der Waals surface area contributed by atoms with Crippen molar-refractivity contribution < 1.29 is 14.7 Å². The first-order chi connectivity index (χ1) is 7.15. The summed E-state index contributed by atoms with van der Waals surface area (Å²) in [7, 11) is 0. The van der Waals surface area contributed by atoms with Gasteiger partial charge >= 0.3 is 5.97 Å². The van der Waals surface area contributed by atoms with Crippen molar-refractivity contribution in [3.8, 4) is 0 Å². The molecule has 1 atom stereocenters. The van der Waals surface area contributed by atoms with Gasteiger partial charge in [-0.05, 0) is 18.0 Å². The maximum absolute atomic E-state index is 11.4. The number of nitrogens with zero attached hydrogens (tertiary/aromatic N) is 2. The van der Waals surface area contributed by atoms with Crippen LogP contribution in [0.25, 0.3) is 0 Å². The Hall–Kier alpha value is -1.76. The first kappa shape index (κ1) is 11.3. The summed E-state index contributed by atoms with van der Waals surface area (Å²) in [6.45, 7) is 3.41. The molecule has 0 saturated heterocycles. The lowest BCUT2D eigenvalue weighted by Gasteiger charge is -2.10. The van der Waals surface area contributed by atoms with Gasteiger partial charge in [-0.25, -0.2) is 4.79 Å². The molecule has 1 amide bonds. The summed E-state index contributed by atoms with van der Waals surface area (Å²) in [5.74, 6) is -1.65. The van der Waals surface area contributed by atoms with E-state index in [9.17, 15) is 9.59 Å². The normalized spacial score (nSPS) is 11.7. The fraction of sp³-hybridized carbons (Fsp3) is 0.250. The van der Waals surface area contributed by atoms with Crippen LogP contribution in [0.1, 0.15) is 16.9 Å². The average Bonchev–Trinajstić information content (AvgIpc) is 2.69. The number of amides is 1. The molecule has 0 aromatic carbocycles. The van der Waals surface area contributed by atoms with Gasteiger partial charge < -0.3 is 10.4 Å². The second-order valence-corrected chi connectivity index (χ2v) is 3.29. The number of carboxylic acid groups (broad SMARTS) is 1. The summed E-state index contributed by atoms with van der Waals surface area (Å²) in [6.07, 6.45) is 1.59. The van der Waals surface area contributed by atoms with Crippen molar-refractivity contribution in [3.63, 3.8) is 0 Å². The summed E-state index contributed by atoms with van der Waals surface area (Å²) in [5.41, 5.74) is 0.121. The van der Waals surface area contributed by atoms with Crippen LogP contribution in [0.3, 0.4) is 0 Å². The van der Waals surface area contributed by atoms with Crippen molar-refractivity contribution in [1.29, 1.82) is 0 Å². The van der Waals surface area contributed by atoms with E-state index >= 15 is 0 Å². The molecule has 2 N–H and O–H groups in total. The van der Waals surface area contributed by atoms with Gasteiger partial charge in [-0.1, -0.05) is 10.6 Å². The van der Waals surface area contributed by atoms with Gasteiger partial charge in [0.25, 0.3) is 5.91 Å². The van der Waals surface area contributed by atoms with Gasteiger partial charge in [0.05, 0.1) is 0 Å². The van der Waals surface area contributed by atoms with Gasteiger partial charge in [0.2, 0.25) is 0 Å². The van der Waals surface area contributed by atoms with Gasteiger partial charge in [0.1, 0.15) is 6.04 Å². The van der Waals surface area contributed by atoms with E-state index in [1.165, 1.54) is 11.5 Å². The molecule has 1 aromatic rings. The van der Waals surface area contributed by atoms with Crippen molar-refractivity contribution >= 4 is 23.4 Å². The number of hydrogen-bond acceptors (Lipinski definition) is 5. The molecule has 1 rings (SSSR count). The molecule has 0 bridgehead atoms. The number of rotatable bonds is 5. The Labute approximate surface area is 89.8 Å². The monoisotopic (exact) mass is 227 g/mol. The Morgan fingerprint density at radius 2 is 2.47 bits per heavy atom. The number of nitrogens with one attached hydrogen (secondary N) is 1. The van der Waals surface area contributed by atoms with Gasteiger partial charge in [-0.2, -0.15) is 0 Å². The second-order valence-electron chi connectivity index (χ2n) is 2.68. The van der Waals surface area contributed by atoms with Crippen molar-refractivity contribution in [2.24, 2.45) is 0 Å². The van der Waals surface area contributed by atoms with E-state index in [0.717, 1.165) is 11.5 Å². The molecule has 6 nitrogen and oxygen atoms in total. The van der Waals surface area contributed by atoms with Crippen molar-refractivity contribution in [3.05, 3.63) is 23.7 Å².